The van der Waals surface area contributed by atoms with Crippen molar-refractivity contribution in [3.05, 3.63) is 24.0 Å². The molecule has 2 aliphatic heterocycles. The Balaban J connectivity index is 2.41. The molecule has 0 aromatic rings. The van der Waals surface area contributed by atoms with Gasteiger partial charge in [-0.3, -0.25) is 4.79 Å². The van der Waals surface area contributed by atoms with E-state index in [1.807, 2.05) is 6.08 Å². The first kappa shape index (κ1) is 6.97. The number of amidine groups is 1. The second kappa shape index (κ2) is 2.41. The summed E-state index contributed by atoms with van der Waals surface area (Å²) in [6.07, 6.45) is 6.58. The average Bonchev–Trinajstić information content (AvgIpc) is 2.07. The van der Waals surface area contributed by atoms with Crippen LogP contribution in [0.4, 0.5) is 0 Å². The molecule has 0 saturated heterocycles. The van der Waals surface area contributed by atoms with Crippen LogP contribution in [-0.4, -0.2) is 23.1 Å². The number of hydrogen-bond donors (Lipinski definition) is 1. The van der Waals surface area contributed by atoms with Gasteiger partial charge in [0.25, 0.3) is 0 Å². The summed E-state index contributed by atoms with van der Waals surface area (Å²) in [5.41, 5.74) is 0. The number of carbonyl (C=O) groups excluding carboxylic acids is 1. The van der Waals surface area contributed by atoms with Crippen LogP contribution in [0.2, 0.25) is 0 Å². The van der Waals surface area contributed by atoms with E-state index in [4.69, 9.17) is 5.11 Å². The van der Waals surface area contributed by atoms with Crippen molar-refractivity contribution >= 4 is 18.0 Å². The fourth-order valence-corrected chi connectivity index (χ4v) is 1.10. The largest absolute Gasteiger partial charge is 0.503 e. The van der Waals surface area contributed by atoms with Gasteiger partial charge in [-0.05, 0) is 12.2 Å². The van der Waals surface area contributed by atoms with Crippen molar-refractivity contribution < 1.29 is 9.90 Å². The molecular formula is C8H6N2O2. The number of amides is 1. The number of aliphatic hydroxyl groups excluding tert-OH is 1. The van der Waals surface area contributed by atoms with E-state index >= 15 is 0 Å². The summed E-state index contributed by atoms with van der Waals surface area (Å²) in [5.74, 6) is -0.618. The van der Waals surface area contributed by atoms with Crippen molar-refractivity contribution in [2.45, 2.75) is 0 Å². The number of rotatable bonds is 0. The number of aliphatic hydroxyl groups is 1. The van der Waals surface area contributed by atoms with Crippen LogP contribution >= 0.6 is 0 Å². The third kappa shape index (κ3) is 0.972. The summed E-state index contributed by atoms with van der Waals surface area (Å²) >= 11 is 0. The summed E-state index contributed by atoms with van der Waals surface area (Å²) in [5, 5.41) is 9.04. The lowest BCUT2D eigenvalue weighted by Gasteiger charge is -2.14. The van der Waals surface area contributed by atoms with Crippen LogP contribution in [0.1, 0.15) is 0 Å². The zero-order valence-corrected chi connectivity index (χ0v) is 6.14. The minimum absolute atomic E-state index is 0.146. The Bertz CT molecular complexity index is 350. The molecule has 2 heterocycles. The average molecular weight is 162 g/mol. The van der Waals surface area contributed by atoms with E-state index in [-0.39, 0.29) is 11.7 Å². The van der Waals surface area contributed by atoms with Gasteiger partial charge in [-0.15, -0.1) is 0 Å². The molecule has 1 N–H and O–H groups in total. The van der Waals surface area contributed by atoms with Crippen molar-refractivity contribution in [3.63, 3.8) is 0 Å². The third-order valence-corrected chi connectivity index (χ3v) is 1.68. The van der Waals surface area contributed by atoms with Gasteiger partial charge in [0.05, 0.1) is 5.92 Å². The SMILES string of the molecule is O=C1N=C2N=CC=CC2C=C1O. The van der Waals surface area contributed by atoms with E-state index < -0.39 is 5.91 Å². The van der Waals surface area contributed by atoms with E-state index in [9.17, 15) is 4.79 Å². The van der Waals surface area contributed by atoms with Gasteiger partial charge in [-0.25, -0.2) is 4.99 Å². The molecule has 60 valence electrons. The van der Waals surface area contributed by atoms with E-state index in [0.717, 1.165) is 0 Å². The molecular weight excluding hydrogens is 156 g/mol. The van der Waals surface area contributed by atoms with Crippen molar-refractivity contribution in [2.24, 2.45) is 15.9 Å². The molecule has 12 heavy (non-hydrogen) atoms. The van der Waals surface area contributed by atoms with Crippen molar-refractivity contribution in [3.8, 4) is 0 Å². The lowest BCUT2D eigenvalue weighted by molar-refractivity contribution is -0.116. The molecule has 0 aromatic carbocycles. The number of carbonyl (C=O) groups is 1. The fraction of sp³-hybridized carbons (Fsp3) is 0.125. The predicted octanol–water partition coefficient (Wildman–Crippen LogP) is 0.624. The van der Waals surface area contributed by atoms with Crippen LogP contribution in [0.25, 0.3) is 0 Å². The fourth-order valence-electron chi connectivity index (χ4n) is 1.10. The normalized spacial score (nSPS) is 26.3. The van der Waals surface area contributed by atoms with Crippen LogP contribution in [0.15, 0.2) is 34.0 Å². The van der Waals surface area contributed by atoms with E-state index in [1.54, 1.807) is 12.3 Å². The van der Waals surface area contributed by atoms with Crippen LogP contribution in [0.3, 0.4) is 0 Å². The van der Waals surface area contributed by atoms with Crippen molar-refractivity contribution in [2.75, 3.05) is 0 Å². The Morgan fingerprint density at radius 3 is 3.17 bits per heavy atom. The highest BCUT2D eigenvalue weighted by molar-refractivity contribution is 6.10. The van der Waals surface area contributed by atoms with Crippen molar-refractivity contribution in [1.29, 1.82) is 0 Å². The zero-order valence-electron chi connectivity index (χ0n) is 6.14. The lowest BCUT2D eigenvalue weighted by Crippen LogP contribution is -2.19. The van der Waals surface area contributed by atoms with E-state index in [0.29, 0.717) is 5.84 Å². The quantitative estimate of drug-likeness (QED) is 0.567. The lowest BCUT2D eigenvalue weighted by atomic mass is 10.0. The van der Waals surface area contributed by atoms with Gasteiger partial charge in [0.2, 0.25) is 0 Å². The number of aliphatic imine (C=N–C) groups is 2. The molecule has 1 atom stereocenters. The summed E-state index contributed by atoms with van der Waals surface area (Å²) in [4.78, 5) is 18.3. The molecule has 4 nitrogen and oxygen atoms in total. The molecule has 1 unspecified atom stereocenters. The molecule has 2 rings (SSSR count). The first-order valence-corrected chi connectivity index (χ1v) is 3.52. The first-order valence-electron chi connectivity index (χ1n) is 3.52. The maximum atomic E-state index is 10.8. The number of hydrogen-bond acceptors (Lipinski definition) is 3. The Hall–Kier alpha value is -1.71. The molecule has 1 amide bonds. The van der Waals surface area contributed by atoms with E-state index in [1.165, 1.54) is 6.08 Å². The molecule has 0 aliphatic carbocycles. The van der Waals surface area contributed by atoms with Crippen LogP contribution in [0, 0.1) is 5.92 Å². The molecule has 0 fully saturated rings. The summed E-state index contributed by atoms with van der Waals surface area (Å²) < 4.78 is 0. The van der Waals surface area contributed by atoms with Gasteiger partial charge >= 0.3 is 5.91 Å². The smallest absolute Gasteiger partial charge is 0.313 e. The zero-order chi connectivity index (χ0) is 8.55. The highest BCUT2D eigenvalue weighted by atomic mass is 16.3. The topological polar surface area (TPSA) is 62.0 Å². The Labute approximate surface area is 68.6 Å². The molecule has 4 heteroatoms. The number of nitrogens with zero attached hydrogens (tertiary/aromatic N) is 2. The van der Waals surface area contributed by atoms with Crippen LogP contribution in [-0.2, 0) is 4.79 Å². The molecule has 2 aliphatic rings. The Kier molecular flexibility index (Phi) is 1.40. The Morgan fingerprint density at radius 2 is 2.33 bits per heavy atom. The third-order valence-electron chi connectivity index (χ3n) is 1.68. The molecule has 0 spiro atoms. The highest BCUT2D eigenvalue weighted by Gasteiger charge is 2.22. The van der Waals surface area contributed by atoms with Gasteiger partial charge in [-0.1, -0.05) is 6.08 Å². The van der Waals surface area contributed by atoms with Gasteiger partial charge in [0.15, 0.2) is 5.76 Å². The summed E-state index contributed by atoms with van der Waals surface area (Å²) in [6, 6.07) is 0. The predicted molar refractivity (Wildman–Crippen MR) is 44.3 cm³/mol. The maximum absolute atomic E-state index is 10.8. The minimum Gasteiger partial charge on any atom is -0.503 e. The molecule has 0 aromatic heterocycles. The number of allylic oxidation sites excluding steroid dienone is 1. The maximum Gasteiger partial charge on any atom is 0.313 e. The minimum atomic E-state index is -0.617. The molecule has 0 bridgehead atoms. The second-order valence-corrected chi connectivity index (χ2v) is 2.52. The second-order valence-electron chi connectivity index (χ2n) is 2.52. The van der Waals surface area contributed by atoms with E-state index in [2.05, 4.69) is 9.98 Å². The molecule has 0 radical (unpaired) electrons. The van der Waals surface area contributed by atoms with Crippen LogP contribution in [0.5, 0.6) is 0 Å². The van der Waals surface area contributed by atoms with Gasteiger partial charge in [-0.2, -0.15) is 4.99 Å². The van der Waals surface area contributed by atoms with Gasteiger partial charge in [0, 0.05) is 6.21 Å². The standard InChI is InChI=1S/C8H6N2O2/c11-6-4-5-2-1-3-9-7(5)10-8(6)12/h1-5,11H. The van der Waals surface area contributed by atoms with Crippen LogP contribution < -0.4 is 0 Å². The monoisotopic (exact) mass is 162 g/mol. The highest BCUT2D eigenvalue weighted by Crippen LogP contribution is 2.16. The Morgan fingerprint density at radius 1 is 1.50 bits per heavy atom. The summed E-state index contributed by atoms with van der Waals surface area (Å²) in [6.45, 7) is 0. The van der Waals surface area contributed by atoms with Gasteiger partial charge in [0.1, 0.15) is 5.84 Å². The number of dihydropyridines is 2. The number of fused-ring (bicyclic) bond motifs is 1. The first-order chi connectivity index (χ1) is 5.77. The van der Waals surface area contributed by atoms with Gasteiger partial charge < -0.3 is 5.11 Å². The van der Waals surface area contributed by atoms with Crippen molar-refractivity contribution in [1.82, 2.24) is 0 Å². The summed E-state index contributed by atoms with van der Waals surface area (Å²) in [7, 11) is 0. The molecule has 0 saturated carbocycles.